The van der Waals surface area contributed by atoms with Crippen molar-refractivity contribution in [2.24, 2.45) is 0 Å². The Kier molecular flexibility index (Phi) is 3.24. The fourth-order valence-corrected chi connectivity index (χ4v) is 1.14. The lowest BCUT2D eigenvalue weighted by atomic mass is 10.2. The van der Waals surface area contributed by atoms with E-state index in [-0.39, 0.29) is 0 Å². The van der Waals surface area contributed by atoms with Crippen molar-refractivity contribution in [1.29, 1.82) is 0 Å². The quantitative estimate of drug-likeness (QED) is 0.700. The van der Waals surface area contributed by atoms with Crippen LogP contribution in [0.1, 0.15) is 10.4 Å². The van der Waals surface area contributed by atoms with E-state index in [0.29, 0.717) is 5.56 Å². The third-order valence-electron chi connectivity index (χ3n) is 1.41. The number of hydrogen-bond acceptors (Lipinski definition) is 4. The van der Waals surface area contributed by atoms with Crippen LogP contribution in [0.3, 0.4) is 0 Å². The van der Waals surface area contributed by atoms with E-state index in [1.165, 1.54) is 0 Å². The van der Waals surface area contributed by atoms with Crippen LogP contribution in [0, 0.1) is 0 Å². The number of carbonyl (C=O) groups is 1. The van der Waals surface area contributed by atoms with E-state index in [4.69, 9.17) is 0 Å². The third kappa shape index (κ3) is 3.57. The first-order valence-corrected chi connectivity index (χ1v) is 5.95. The van der Waals surface area contributed by atoms with E-state index in [1.54, 1.807) is 30.3 Å². The number of sulfone groups is 1. The van der Waals surface area contributed by atoms with E-state index in [9.17, 15) is 13.2 Å². The summed E-state index contributed by atoms with van der Waals surface area (Å²) in [5, 5.41) is 0. The second-order valence-electron chi connectivity index (χ2n) is 2.84. The highest BCUT2D eigenvalue weighted by molar-refractivity contribution is 7.90. The molecule has 0 spiro atoms. The summed E-state index contributed by atoms with van der Waals surface area (Å²) in [6.45, 7) is 0. The zero-order chi connectivity index (χ0) is 10.6. The maximum Gasteiger partial charge on any atom is 0.339 e. The molecule has 0 amide bonds. The lowest BCUT2D eigenvalue weighted by Crippen LogP contribution is -2.12. The van der Waals surface area contributed by atoms with Gasteiger partial charge in [-0.25, -0.2) is 13.2 Å². The van der Waals surface area contributed by atoms with Crippen molar-refractivity contribution in [2.45, 2.75) is 0 Å². The number of ether oxygens (including phenoxy) is 1. The van der Waals surface area contributed by atoms with Gasteiger partial charge in [0.2, 0.25) is 0 Å². The van der Waals surface area contributed by atoms with E-state index < -0.39 is 21.7 Å². The van der Waals surface area contributed by atoms with E-state index in [2.05, 4.69) is 4.74 Å². The molecule has 1 aromatic rings. The first-order valence-electron chi connectivity index (χ1n) is 3.89. The number of esters is 1. The summed E-state index contributed by atoms with van der Waals surface area (Å²) >= 11 is 0. The van der Waals surface area contributed by atoms with Crippen LogP contribution in [0.25, 0.3) is 0 Å². The SMILES string of the molecule is CS(=O)(=O)COC(=O)c1ccccc1. The Bertz CT molecular complexity index is 408. The second kappa shape index (κ2) is 4.23. The molecular weight excluding hydrogens is 204 g/mol. The van der Waals surface area contributed by atoms with Crippen LogP contribution in [0.5, 0.6) is 0 Å². The number of carbonyl (C=O) groups excluding carboxylic acids is 1. The molecule has 0 atom stereocenters. The predicted molar refractivity (Wildman–Crippen MR) is 51.6 cm³/mol. The van der Waals surface area contributed by atoms with Gasteiger partial charge in [0, 0.05) is 6.26 Å². The van der Waals surface area contributed by atoms with Crippen molar-refractivity contribution >= 4 is 15.8 Å². The highest BCUT2D eigenvalue weighted by Crippen LogP contribution is 2.01. The van der Waals surface area contributed by atoms with Crippen molar-refractivity contribution in [2.75, 3.05) is 12.2 Å². The molecule has 0 radical (unpaired) electrons. The van der Waals surface area contributed by atoms with Gasteiger partial charge in [-0.1, -0.05) is 18.2 Å². The Morgan fingerprint density at radius 2 is 1.86 bits per heavy atom. The number of rotatable bonds is 3. The molecule has 0 heterocycles. The molecule has 0 aliphatic carbocycles. The minimum atomic E-state index is -3.27. The maximum absolute atomic E-state index is 11.2. The van der Waals surface area contributed by atoms with Gasteiger partial charge in [0.05, 0.1) is 5.56 Å². The third-order valence-corrected chi connectivity index (χ3v) is 1.96. The highest BCUT2D eigenvalue weighted by atomic mass is 32.2. The molecule has 0 aliphatic heterocycles. The molecular formula is C9H10O4S. The zero-order valence-corrected chi connectivity index (χ0v) is 8.45. The van der Waals surface area contributed by atoms with Crippen LogP contribution in [0.4, 0.5) is 0 Å². The molecule has 1 aromatic carbocycles. The van der Waals surface area contributed by atoms with Gasteiger partial charge in [0.25, 0.3) is 0 Å². The Labute approximate surface area is 82.4 Å². The monoisotopic (exact) mass is 214 g/mol. The normalized spacial score (nSPS) is 10.9. The van der Waals surface area contributed by atoms with Gasteiger partial charge in [-0.2, -0.15) is 0 Å². The van der Waals surface area contributed by atoms with Gasteiger partial charge in [-0.05, 0) is 12.1 Å². The molecule has 14 heavy (non-hydrogen) atoms. The van der Waals surface area contributed by atoms with Crippen LogP contribution in [0.2, 0.25) is 0 Å². The van der Waals surface area contributed by atoms with Crippen LogP contribution in [0.15, 0.2) is 30.3 Å². The average molecular weight is 214 g/mol. The minimum Gasteiger partial charge on any atom is -0.446 e. The molecule has 0 saturated carbocycles. The lowest BCUT2D eigenvalue weighted by molar-refractivity contribution is 0.0572. The summed E-state index contributed by atoms with van der Waals surface area (Å²) in [5.74, 6) is -1.21. The summed E-state index contributed by atoms with van der Waals surface area (Å²) in [6.07, 6.45) is 1.01. The van der Waals surface area contributed by atoms with Gasteiger partial charge in [0.1, 0.15) is 0 Å². The van der Waals surface area contributed by atoms with E-state index in [1.807, 2.05) is 0 Å². The number of benzene rings is 1. The fourth-order valence-electron chi connectivity index (χ4n) is 0.818. The van der Waals surface area contributed by atoms with Crippen LogP contribution >= 0.6 is 0 Å². The van der Waals surface area contributed by atoms with Crippen molar-refractivity contribution in [3.63, 3.8) is 0 Å². The summed E-state index contributed by atoms with van der Waals surface area (Å²) in [5.41, 5.74) is 0.344. The van der Waals surface area contributed by atoms with Gasteiger partial charge in [0.15, 0.2) is 15.8 Å². The molecule has 4 nitrogen and oxygen atoms in total. The highest BCUT2D eigenvalue weighted by Gasteiger charge is 2.09. The Morgan fingerprint density at radius 1 is 1.29 bits per heavy atom. The van der Waals surface area contributed by atoms with Gasteiger partial charge < -0.3 is 4.74 Å². The largest absolute Gasteiger partial charge is 0.446 e. The van der Waals surface area contributed by atoms with Gasteiger partial charge in [-0.15, -0.1) is 0 Å². The fraction of sp³-hybridized carbons (Fsp3) is 0.222. The van der Waals surface area contributed by atoms with Crippen LogP contribution in [-0.4, -0.2) is 26.6 Å². The zero-order valence-electron chi connectivity index (χ0n) is 7.64. The summed E-state index contributed by atoms with van der Waals surface area (Å²) < 4.78 is 25.9. The van der Waals surface area contributed by atoms with E-state index in [0.717, 1.165) is 6.26 Å². The second-order valence-corrected chi connectivity index (χ2v) is 4.93. The Balaban J connectivity index is 2.61. The molecule has 5 heteroatoms. The molecule has 0 bridgehead atoms. The molecule has 76 valence electrons. The molecule has 1 rings (SSSR count). The van der Waals surface area contributed by atoms with Gasteiger partial charge in [-0.3, -0.25) is 0 Å². The molecule has 0 saturated heterocycles. The lowest BCUT2D eigenvalue weighted by Gasteiger charge is -2.02. The topological polar surface area (TPSA) is 60.4 Å². The maximum atomic E-state index is 11.2. The summed E-state index contributed by atoms with van der Waals surface area (Å²) in [7, 11) is -3.27. The Hall–Kier alpha value is -1.36. The van der Waals surface area contributed by atoms with Crippen molar-refractivity contribution in [3.05, 3.63) is 35.9 Å². The smallest absolute Gasteiger partial charge is 0.339 e. The summed E-state index contributed by atoms with van der Waals surface area (Å²) in [6, 6.07) is 8.23. The van der Waals surface area contributed by atoms with Crippen molar-refractivity contribution < 1.29 is 17.9 Å². The molecule has 0 aromatic heterocycles. The van der Waals surface area contributed by atoms with Crippen molar-refractivity contribution in [1.82, 2.24) is 0 Å². The first kappa shape index (κ1) is 10.7. The molecule has 0 N–H and O–H groups in total. The standard InChI is InChI=1S/C9H10O4S/c1-14(11,12)7-13-9(10)8-5-3-2-4-6-8/h2-6H,7H2,1H3. The molecule has 0 unspecified atom stereocenters. The van der Waals surface area contributed by atoms with Crippen LogP contribution in [-0.2, 0) is 14.6 Å². The van der Waals surface area contributed by atoms with Crippen molar-refractivity contribution in [3.8, 4) is 0 Å². The number of hydrogen-bond donors (Lipinski definition) is 0. The summed E-state index contributed by atoms with van der Waals surface area (Å²) in [4.78, 5) is 11.2. The minimum absolute atomic E-state index is 0.344. The van der Waals surface area contributed by atoms with Gasteiger partial charge >= 0.3 is 5.97 Å². The van der Waals surface area contributed by atoms with E-state index >= 15 is 0 Å². The first-order chi connectivity index (χ1) is 6.49. The predicted octanol–water partition coefficient (Wildman–Crippen LogP) is 0.846. The van der Waals surface area contributed by atoms with Crippen LogP contribution < -0.4 is 0 Å². The molecule has 0 fully saturated rings. The Morgan fingerprint density at radius 3 is 2.36 bits per heavy atom. The molecule has 0 aliphatic rings. The average Bonchev–Trinajstić information content (AvgIpc) is 2.14.